The number of piperazine rings is 1. The number of fused-ring (bicyclic) bond motifs is 1. The lowest BCUT2D eigenvalue weighted by molar-refractivity contribution is 0.0982. The van der Waals surface area contributed by atoms with Crippen molar-refractivity contribution in [3.63, 3.8) is 0 Å². The van der Waals surface area contributed by atoms with E-state index in [2.05, 4.69) is 61.4 Å². The van der Waals surface area contributed by atoms with Crippen molar-refractivity contribution in [3.8, 4) is 16.9 Å². The molecule has 10 nitrogen and oxygen atoms in total. The van der Waals surface area contributed by atoms with Gasteiger partial charge in [0.2, 0.25) is 5.95 Å². The second-order valence-corrected chi connectivity index (χ2v) is 12.8. The summed E-state index contributed by atoms with van der Waals surface area (Å²) in [7, 11) is 3.93. The molecule has 2 saturated heterocycles. The van der Waals surface area contributed by atoms with E-state index < -0.39 is 0 Å². The Morgan fingerprint density at radius 3 is 2.43 bits per heavy atom. The minimum absolute atomic E-state index is 0.424. The number of hydrogen-bond acceptors (Lipinski definition) is 10. The highest BCUT2D eigenvalue weighted by Gasteiger charge is 2.28. The molecule has 0 saturated carbocycles. The van der Waals surface area contributed by atoms with E-state index in [0.29, 0.717) is 22.8 Å². The quantitative estimate of drug-likeness (QED) is 0.170. The second-order valence-electron chi connectivity index (χ2n) is 12.3. The zero-order valence-corrected chi connectivity index (χ0v) is 27.9. The number of hydrogen-bond donors (Lipinski definition) is 2. The highest BCUT2D eigenvalue weighted by Crippen LogP contribution is 2.37. The summed E-state index contributed by atoms with van der Waals surface area (Å²) < 4.78 is 11.3. The van der Waals surface area contributed by atoms with Crippen LogP contribution < -0.4 is 20.3 Å². The zero-order chi connectivity index (χ0) is 32.3. The predicted molar refractivity (Wildman–Crippen MR) is 190 cm³/mol. The van der Waals surface area contributed by atoms with E-state index in [-0.39, 0.29) is 0 Å². The number of nitrogens with zero attached hydrogens (tertiary/aromatic N) is 6. The average molecular weight is 653 g/mol. The van der Waals surface area contributed by atoms with Gasteiger partial charge in [-0.3, -0.25) is 4.90 Å². The van der Waals surface area contributed by atoms with Gasteiger partial charge < -0.3 is 29.6 Å². The van der Waals surface area contributed by atoms with Crippen LogP contribution in [0.1, 0.15) is 25.3 Å². The molecule has 0 radical (unpaired) electrons. The van der Waals surface area contributed by atoms with Crippen molar-refractivity contribution in [2.24, 2.45) is 0 Å². The van der Waals surface area contributed by atoms with Gasteiger partial charge in [0, 0.05) is 62.8 Å². The molecule has 0 spiro atoms. The highest BCUT2D eigenvalue weighted by atomic mass is 35.5. The number of methoxy groups -OCH3 is 1. The van der Waals surface area contributed by atoms with Gasteiger partial charge in [-0.1, -0.05) is 36.7 Å². The molecule has 4 heterocycles. The van der Waals surface area contributed by atoms with Gasteiger partial charge in [-0.05, 0) is 73.3 Å². The summed E-state index contributed by atoms with van der Waals surface area (Å²) in [4.78, 5) is 21.1. The molecule has 2 aliphatic rings. The monoisotopic (exact) mass is 652 g/mol. The van der Waals surface area contributed by atoms with Crippen LogP contribution >= 0.6 is 11.6 Å². The number of nitrogens with one attached hydrogen (secondary N) is 2. The Morgan fingerprint density at radius 2 is 1.68 bits per heavy atom. The maximum Gasteiger partial charge on any atom is 0.229 e. The van der Waals surface area contributed by atoms with Crippen LogP contribution in [-0.2, 0) is 6.42 Å². The molecule has 244 valence electrons. The first-order valence-corrected chi connectivity index (χ1v) is 16.7. The lowest BCUT2D eigenvalue weighted by Crippen LogP contribution is -2.52. The molecule has 11 heteroatoms. The molecule has 0 atom stereocenters. The summed E-state index contributed by atoms with van der Waals surface area (Å²) in [6.07, 6.45) is 6.34. The van der Waals surface area contributed by atoms with Crippen LogP contribution in [0.25, 0.3) is 22.2 Å². The standard InChI is InChI=1S/C36H41ClN8O2/c1-4-24-19-31(34(46-3)21-32(24)45-13-11-28(12-14-45)44-17-15-43(2)16-18-44)41-36-38-22-29(37)35(42-36)40-27-8-5-25(6-9-27)26-7-10-33-30(20-26)39-23-47-33/h5-10,19-23,28H,4,11-18H2,1-3H3,(H2,38,40,41,42). The topological polar surface area (TPSA) is 94.8 Å². The normalized spacial score (nSPS) is 16.5. The number of aromatic nitrogens is 3. The van der Waals surface area contributed by atoms with Crippen LogP contribution in [0.2, 0.25) is 5.02 Å². The smallest absolute Gasteiger partial charge is 0.229 e. The van der Waals surface area contributed by atoms with E-state index in [1.165, 1.54) is 43.6 Å². The molecule has 2 fully saturated rings. The number of likely N-dealkylation sites (N-methyl/N-ethyl adjacent to an activating group) is 1. The van der Waals surface area contributed by atoms with Gasteiger partial charge in [-0.2, -0.15) is 4.98 Å². The van der Waals surface area contributed by atoms with Crippen LogP contribution in [0.5, 0.6) is 5.75 Å². The summed E-state index contributed by atoms with van der Waals surface area (Å²) in [5.41, 5.74) is 7.92. The first-order chi connectivity index (χ1) is 23.0. The van der Waals surface area contributed by atoms with Crippen molar-refractivity contribution in [2.75, 3.05) is 69.0 Å². The first kappa shape index (κ1) is 31.2. The van der Waals surface area contributed by atoms with Gasteiger partial charge in [-0.25, -0.2) is 9.97 Å². The van der Waals surface area contributed by atoms with E-state index >= 15 is 0 Å². The molecule has 0 aliphatic carbocycles. The molecule has 7 rings (SSSR count). The molecular weight excluding hydrogens is 612 g/mol. The molecule has 47 heavy (non-hydrogen) atoms. The van der Waals surface area contributed by atoms with Gasteiger partial charge >= 0.3 is 0 Å². The number of anilines is 5. The third-order valence-electron chi connectivity index (χ3n) is 9.44. The summed E-state index contributed by atoms with van der Waals surface area (Å²) in [6, 6.07) is 19.1. The third kappa shape index (κ3) is 6.86. The van der Waals surface area contributed by atoms with Gasteiger partial charge in [0.05, 0.1) is 19.0 Å². The number of rotatable bonds is 9. The number of ether oxygens (including phenoxy) is 1. The Hall–Kier alpha value is -4.38. The van der Waals surface area contributed by atoms with Crippen LogP contribution in [0, 0.1) is 0 Å². The van der Waals surface area contributed by atoms with Gasteiger partial charge in [0.25, 0.3) is 0 Å². The highest BCUT2D eigenvalue weighted by molar-refractivity contribution is 6.32. The summed E-state index contributed by atoms with van der Waals surface area (Å²) in [5, 5.41) is 7.15. The van der Waals surface area contributed by atoms with Gasteiger partial charge in [0.1, 0.15) is 16.3 Å². The van der Waals surface area contributed by atoms with Crippen LogP contribution in [0.15, 0.2) is 71.6 Å². The molecule has 2 N–H and O–H groups in total. The largest absolute Gasteiger partial charge is 0.494 e. The van der Waals surface area contributed by atoms with E-state index in [9.17, 15) is 0 Å². The number of benzene rings is 3. The van der Waals surface area contributed by atoms with Crippen LogP contribution in [0.3, 0.4) is 0 Å². The van der Waals surface area contributed by atoms with Gasteiger partial charge in [-0.15, -0.1) is 0 Å². The Balaban J connectivity index is 1.04. The fourth-order valence-corrected chi connectivity index (χ4v) is 6.81. The fraction of sp³-hybridized carbons (Fsp3) is 0.361. The van der Waals surface area contributed by atoms with E-state index in [1.807, 2.05) is 42.5 Å². The lowest BCUT2D eigenvalue weighted by Gasteiger charge is -2.43. The number of oxazole rings is 1. The Bertz CT molecular complexity index is 1830. The van der Waals surface area contributed by atoms with Gasteiger partial charge in [0.15, 0.2) is 17.8 Å². The molecule has 3 aromatic carbocycles. The lowest BCUT2D eigenvalue weighted by atomic mass is 9.99. The number of piperidine rings is 1. The van der Waals surface area contributed by atoms with E-state index in [0.717, 1.165) is 72.0 Å². The average Bonchev–Trinajstić information content (AvgIpc) is 3.58. The van der Waals surface area contributed by atoms with Crippen molar-refractivity contribution >= 4 is 51.5 Å². The third-order valence-corrected chi connectivity index (χ3v) is 9.72. The van der Waals surface area contributed by atoms with Crippen molar-refractivity contribution in [3.05, 3.63) is 77.8 Å². The SMILES string of the molecule is CCc1cc(Nc2ncc(Cl)c(Nc3ccc(-c4ccc5ocnc5c4)cc3)n2)c(OC)cc1N1CCC(N2CCN(C)CC2)CC1. The number of aryl methyl sites for hydroxylation is 1. The summed E-state index contributed by atoms with van der Waals surface area (Å²) >= 11 is 6.53. The zero-order valence-electron chi connectivity index (χ0n) is 27.2. The number of halogens is 1. The Labute approximate surface area is 280 Å². The van der Waals surface area contributed by atoms with Crippen molar-refractivity contribution in [2.45, 2.75) is 32.2 Å². The minimum atomic E-state index is 0.424. The molecular formula is C36H41ClN8O2. The van der Waals surface area contributed by atoms with Crippen LogP contribution in [0.4, 0.5) is 28.8 Å². The minimum Gasteiger partial charge on any atom is -0.494 e. The van der Waals surface area contributed by atoms with Crippen molar-refractivity contribution in [1.82, 2.24) is 24.8 Å². The maximum atomic E-state index is 6.53. The molecule has 0 bridgehead atoms. The first-order valence-electron chi connectivity index (χ1n) is 16.4. The Morgan fingerprint density at radius 1 is 0.915 bits per heavy atom. The molecule has 0 amide bonds. The summed E-state index contributed by atoms with van der Waals surface area (Å²) in [6.45, 7) is 8.97. The van der Waals surface area contributed by atoms with E-state index in [1.54, 1.807) is 13.3 Å². The predicted octanol–water partition coefficient (Wildman–Crippen LogP) is 7.21. The molecule has 2 aliphatic heterocycles. The van der Waals surface area contributed by atoms with Crippen molar-refractivity contribution in [1.29, 1.82) is 0 Å². The molecule has 2 aromatic heterocycles. The van der Waals surface area contributed by atoms with E-state index in [4.69, 9.17) is 25.7 Å². The molecule has 5 aromatic rings. The fourth-order valence-electron chi connectivity index (χ4n) is 6.67. The van der Waals surface area contributed by atoms with Crippen LogP contribution in [-0.4, -0.2) is 84.2 Å². The van der Waals surface area contributed by atoms with Crippen molar-refractivity contribution < 1.29 is 9.15 Å². The molecule has 0 unspecified atom stereocenters. The Kier molecular flexibility index (Phi) is 9.15. The second kappa shape index (κ2) is 13.8. The maximum absolute atomic E-state index is 6.53. The summed E-state index contributed by atoms with van der Waals surface area (Å²) in [5.74, 6) is 1.69.